The van der Waals surface area contributed by atoms with Gasteiger partial charge in [-0.1, -0.05) is 0 Å². The molecule has 46 valence electrons. The second kappa shape index (κ2) is 4.98. The van der Waals surface area contributed by atoms with Gasteiger partial charge in [-0.3, -0.25) is 4.70 Å². The molecule has 0 heterocycles. The van der Waals surface area contributed by atoms with Gasteiger partial charge in [0, 0.05) is 0 Å². The number of rotatable bonds is 0. The molecule has 0 rings (SSSR count). The van der Waals surface area contributed by atoms with Gasteiger partial charge in [-0.05, 0) is 0 Å². The van der Waals surface area contributed by atoms with Crippen molar-refractivity contribution in [1.82, 2.24) is 0 Å². The SMILES string of the molecule is F.O=P(O)(O)O.[SnH2]. The minimum atomic E-state index is -4.64. The monoisotopic (exact) mass is 240 g/mol. The topological polar surface area (TPSA) is 77.8 Å². The van der Waals surface area contributed by atoms with Gasteiger partial charge in [0.05, 0.1) is 0 Å². The van der Waals surface area contributed by atoms with E-state index in [1.54, 1.807) is 0 Å². The number of hydrogen-bond acceptors (Lipinski definition) is 1. The van der Waals surface area contributed by atoms with E-state index in [1.807, 2.05) is 0 Å². The third-order valence-electron chi connectivity index (χ3n) is 0. The molecule has 0 aliphatic rings. The number of phosphoric acid groups is 1. The van der Waals surface area contributed by atoms with Gasteiger partial charge in [0.15, 0.2) is 0 Å². The molecule has 0 aliphatic heterocycles. The van der Waals surface area contributed by atoms with Crippen LogP contribution in [0.2, 0.25) is 0 Å². The van der Waals surface area contributed by atoms with Crippen LogP contribution in [0.4, 0.5) is 4.70 Å². The van der Waals surface area contributed by atoms with Crippen molar-refractivity contribution in [2.24, 2.45) is 0 Å². The standard InChI is InChI=1S/FH.H3O4P.Sn.2H/c;1-5(2,3)4;;;/h1H;(H3,1,2,3,4);;;. The van der Waals surface area contributed by atoms with Crippen LogP contribution >= 0.6 is 7.82 Å². The van der Waals surface area contributed by atoms with Crippen molar-refractivity contribution in [1.29, 1.82) is 0 Å². The van der Waals surface area contributed by atoms with Crippen molar-refractivity contribution >= 4 is 31.7 Å². The van der Waals surface area contributed by atoms with Crippen LogP contribution < -0.4 is 0 Å². The van der Waals surface area contributed by atoms with Gasteiger partial charge < -0.3 is 14.7 Å². The molecule has 0 spiro atoms. The van der Waals surface area contributed by atoms with Crippen LogP contribution in [0.1, 0.15) is 0 Å². The molecule has 0 saturated carbocycles. The predicted octanol–water partition coefficient (Wildman–Crippen LogP) is -1.69. The first-order valence-corrected chi connectivity index (χ1v) is 2.35. The molecule has 2 radical (unpaired) electrons. The molecule has 7 heavy (non-hydrogen) atoms. The Morgan fingerprint density at radius 3 is 1.14 bits per heavy atom. The van der Waals surface area contributed by atoms with Crippen LogP contribution in [0.15, 0.2) is 0 Å². The summed E-state index contributed by atoms with van der Waals surface area (Å²) in [6.45, 7) is 0. The fourth-order valence-electron chi connectivity index (χ4n) is 0. The second-order valence-corrected chi connectivity index (χ2v) is 1.54. The zero-order valence-electron chi connectivity index (χ0n) is 3.31. The van der Waals surface area contributed by atoms with E-state index >= 15 is 0 Å². The summed E-state index contributed by atoms with van der Waals surface area (Å²) in [5.41, 5.74) is 0. The molecule has 3 N–H and O–H groups in total. The first kappa shape index (κ1) is 15.7. The molecule has 0 saturated heterocycles. The maximum absolute atomic E-state index is 8.88. The van der Waals surface area contributed by atoms with E-state index in [1.165, 1.54) is 0 Å². The summed E-state index contributed by atoms with van der Waals surface area (Å²) in [7, 11) is -4.64. The van der Waals surface area contributed by atoms with Crippen LogP contribution in [0.5, 0.6) is 0 Å². The Kier molecular flexibility index (Phi) is 11.2. The Hall–Kier alpha value is 0.839. The Labute approximate surface area is 56.1 Å². The molecule has 4 nitrogen and oxygen atoms in total. The Bertz CT molecular complexity index is 57.8. The molecular formula is H6FO4PSn. The van der Waals surface area contributed by atoms with Gasteiger partial charge in [0.2, 0.25) is 0 Å². The molecule has 0 aliphatic carbocycles. The summed E-state index contributed by atoms with van der Waals surface area (Å²) in [5.74, 6) is 0. The van der Waals surface area contributed by atoms with Crippen LogP contribution in [-0.2, 0) is 4.57 Å². The molecule has 0 aromatic rings. The van der Waals surface area contributed by atoms with E-state index in [2.05, 4.69) is 0 Å². The van der Waals surface area contributed by atoms with Gasteiger partial charge >= 0.3 is 31.7 Å². The summed E-state index contributed by atoms with van der Waals surface area (Å²) in [4.78, 5) is 21.6. The molecule has 0 amide bonds. The summed E-state index contributed by atoms with van der Waals surface area (Å²) < 4.78 is 8.88. The van der Waals surface area contributed by atoms with Crippen molar-refractivity contribution in [2.45, 2.75) is 0 Å². The maximum atomic E-state index is 8.88. The quantitative estimate of drug-likeness (QED) is 0.348. The normalized spacial score (nSPS) is 8.43. The van der Waals surface area contributed by atoms with Crippen LogP contribution in [-0.4, -0.2) is 38.6 Å². The summed E-state index contributed by atoms with van der Waals surface area (Å²) >= 11 is 0. The fraction of sp³-hybridized carbons (Fsp3) is 0. The van der Waals surface area contributed by atoms with Gasteiger partial charge in [0.1, 0.15) is 0 Å². The summed E-state index contributed by atoms with van der Waals surface area (Å²) in [6, 6.07) is 0. The van der Waals surface area contributed by atoms with E-state index in [9.17, 15) is 0 Å². The Morgan fingerprint density at radius 1 is 1.14 bits per heavy atom. The van der Waals surface area contributed by atoms with E-state index in [0.717, 1.165) is 0 Å². The molecule has 0 atom stereocenters. The van der Waals surface area contributed by atoms with E-state index in [0.29, 0.717) is 0 Å². The first-order chi connectivity index (χ1) is 2.00. The number of halogens is 1. The first-order valence-electron chi connectivity index (χ1n) is 0.783. The predicted molar refractivity (Wildman–Crippen MR) is 25.3 cm³/mol. The van der Waals surface area contributed by atoms with E-state index in [-0.39, 0.29) is 28.6 Å². The third-order valence-corrected chi connectivity index (χ3v) is 0. The summed E-state index contributed by atoms with van der Waals surface area (Å²) in [6.07, 6.45) is 0. The Morgan fingerprint density at radius 2 is 1.14 bits per heavy atom. The van der Waals surface area contributed by atoms with Gasteiger partial charge in [-0.2, -0.15) is 0 Å². The average molecular weight is 239 g/mol. The number of hydrogen-bond donors (Lipinski definition) is 3. The molecule has 0 aromatic heterocycles. The van der Waals surface area contributed by atoms with Crippen molar-refractivity contribution < 1.29 is 23.9 Å². The van der Waals surface area contributed by atoms with Crippen molar-refractivity contribution in [3.8, 4) is 0 Å². The van der Waals surface area contributed by atoms with Crippen LogP contribution in [0, 0.1) is 0 Å². The Balaban J connectivity index is -0.0000000800. The zero-order chi connectivity index (χ0) is 4.50. The molecule has 7 heteroatoms. The second-order valence-electron chi connectivity index (χ2n) is 0.513. The molecule has 0 aromatic carbocycles. The van der Waals surface area contributed by atoms with Crippen LogP contribution in [0.25, 0.3) is 0 Å². The molecular weight excluding hydrogens is 233 g/mol. The fourth-order valence-corrected chi connectivity index (χ4v) is 0. The van der Waals surface area contributed by atoms with Crippen LogP contribution in [0.3, 0.4) is 0 Å². The minimum absolute atomic E-state index is 0. The molecule has 0 unspecified atom stereocenters. The van der Waals surface area contributed by atoms with Gasteiger partial charge in [-0.25, -0.2) is 4.57 Å². The van der Waals surface area contributed by atoms with Gasteiger partial charge in [-0.15, -0.1) is 0 Å². The van der Waals surface area contributed by atoms with Crippen molar-refractivity contribution in [2.75, 3.05) is 0 Å². The van der Waals surface area contributed by atoms with E-state index < -0.39 is 7.82 Å². The van der Waals surface area contributed by atoms with Crippen molar-refractivity contribution in [3.05, 3.63) is 0 Å². The van der Waals surface area contributed by atoms with Crippen molar-refractivity contribution in [3.63, 3.8) is 0 Å². The molecule has 0 fully saturated rings. The third kappa shape index (κ3) is 228. The zero-order valence-corrected chi connectivity index (χ0v) is 8.24. The average Bonchev–Trinajstić information content (AvgIpc) is 0.722. The van der Waals surface area contributed by atoms with Gasteiger partial charge in [0.25, 0.3) is 0 Å². The summed E-state index contributed by atoms with van der Waals surface area (Å²) in [5, 5.41) is 0. The molecule has 0 bridgehead atoms. The van der Waals surface area contributed by atoms with E-state index in [4.69, 9.17) is 19.2 Å².